The molecule has 1 aromatic carbocycles. The number of rotatable bonds is 7. The lowest BCUT2D eigenvalue weighted by molar-refractivity contribution is 0.253. The van der Waals surface area contributed by atoms with Gasteiger partial charge >= 0.3 is 0 Å². The highest BCUT2D eigenvalue weighted by Gasteiger charge is 2.41. The summed E-state index contributed by atoms with van der Waals surface area (Å²) in [4.78, 5) is 0. The zero-order valence-electron chi connectivity index (χ0n) is 11.5. The molecule has 106 valence electrons. The van der Waals surface area contributed by atoms with E-state index in [-0.39, 0.29) is 12.0 Å². The quantitative estimate of drug-likeness (QED) is 0.657. The molecule has 1 aliphatic carbocycles. The standard InChI is InChI=1S/C14H22N2O3/c1-18-12-7-10(15)11(8-13(12)19-2)16-9-14(3-4-14)5-6-17/h7-8,16-17H,3-6,9,15H2,1-2H3. The van der Waals surface area contributed by atoms with E-state index in [4.69, 9.17) is 20.3 Å². The van der Waals surface area contributed by atoms with Gasteiger partial charge in [-0.25, -0.2) is 0 Å². The number of anilines is 2. The van der Waals surface area contributed by atoms with Gasteiger partial charge in [0.25, 0.3) is 0 Å². The molecule has 1 fully saturated rings. The van der Waals surface area contributed by atoms with Crippen LogP contribution in [0.15, 0.2) is 12.1 Å². The molecule has 5 nitrogen and oxygen atoms in total. The number of nitrogen functional groups attached to an aromatic ring is 1. The summed E-state index contributed by atoms with van der Waals surface area (Å²) in [6, 6.07) is 3.61. The molecule has 1 aliphatic rings. The summed E-state index contributed by atoms with van der Waals surface area (Å²) >= 11 is 0. The van der Waals surface area contributed by atoms with Gasteiger partial charge in [-0.2, -0.15) is 0 Å². The molecule has 0 aromatic heterocycles. The number of nitrogens with one attached hydrogen (secondary N) is 1. The minimum absolute atomic E-state index is 0.239. The number of ether oxygens (including phenoxy) is 2. The van der Waals surface area contributed by atoms with Gasteiger partial charge in [0.1, 0.15) is 0 Å². The van der Waals surface area contributed by atoms with Crippen LogP contribution >= 0.6 is 0 Å². The third-order valence-corrected chi connectivity index (χ3v) is 3.81. The van der Waals surface area contributed by atoms with Crippen LogP contribution in [0, 0.1) is 5.41 Å². The molecule has 0 saturated heterocycles. The topological polar surface area (TPSA) is 76.7 Å². The van der Waals surface area contributed by atoms with Gasteiger partial charge in [-0.15, -0.1) is 0 Å². The third kappa shape index (κ3) is 3.04. The van der Waals surface area contributed by atoms with E-state index in [1.807, 2.05) is 6.07 Å². The highest BCUT2D eigenvalue weighted by Crippen LogP contribution is 2.49. The first-order valence-corrected chi connectivity index (χ1v) is 6.50. The van der Waals surface area contributed by atoms with Crippen molar-refractivity contribution in [2.24, 2.45) is 5.41 Å². The largest absolute Gasteiger partial charge is 0.493 e. The van der Waals surface area contributed by atoms with E-state index in [0.29, 0.717) is 17.2 Å². The van der Waals surface area contributed by atoms with Crippen molar-refractivity contribution in [2.45, 2.75) is 19.3 Å². The molecule has 0 atom stereocenters. The number of aliphatic hydroxyl groups excluding tert-OH is 1. The van der Waals surface area contributed by atoms with E-state index in [1.165, 1.54) is 0 Å². The van der Waals surface area contributed by atoms with E-state index >= 15 is 0 Å². The Kier molecular flexibility index (Phi) is 4.04. The highest BCUT2D eigenvalue weighted by molar-refractivity contribution is 5.72. The summed E-state index contributed by atoms with van der Waals surface area (Å²) in [7, 11) is 3.19. The Hall–Kier alpha value is -1.62. The number of benzene rings is 1. The summed E-state index contributed by atoms with van der Waals surface area (Å²) in [5.74, 6) is 1.29. The van der Waals surface area contributed by atoms with Gasteiger partial charge in [0.05, 0.1) is 25.6 Å². The van der Waals surface area contributed by atoms with Gasteiger partial charge in [0, 0.05) is 25.3 Å². The average Bonchev–Trinajstić information content (AvgIpc) is 3.17. The zero-order chi connectivity index (χ0) is 13.9. The molecule has 5 heteroatoms. The fraction of sp³-hybridized carbons (Fsp3) is 0.571. The molecular weight excluding hydrogens is 244 g/mol. The van der Waals surface area contributed by atoms with Crippen molar-refractivity contribution in [1.29, 1.82) is 0 Å². The maximum Gasteiger partial charge on any atom is 0.162 e. The van der Waals surface area contributed by atoms with Gasteiger partial charge in [-0.3, -0.25) is 0 Å². The average molecular weight is 266 g/mol. The molecule has 0 bridgehead atoms. The van der Waals surface area contributed by atoms with E-state index < -0.39 is 0 Å². The predicted octanol–water partition coefficient (Wildman–Crippen LogP) is 1.86. The van der Waals surface area contributed by atoms with E-state index in [0.717, 1.165) is 31.5 Å². The van der Waals surface area contributed by atoms with Gasteiger partial charge in [-0.05, 0) is 24.7 Å². The second-order valence-electron chi connectivity index (χ2n) is 5.12. The second kappa shape index (κ2) is 5.57. The molecule has 0 unspecified atom stereocenters. The van der Waals surface area contributed by atoms with Crippen molar-refractivity contribution < 1.29 is 14.6 Å². The second-order valence-corrected chi connectivity index (χ2v) is 5.12. The first kappa shape index (κ1) is 13.8. The maximum absolute atomic E-state index is 9.06. The summed E-state index contributed by atoms with van der Waals surface area (Å²) < 4.78 is 10.5. The van der Waals surface area contributed by atoms with Crippen LogP contribution in [0.4, 0.5) is 11.4 Å². The Bertz CT molecular complexity index is 445. The summed E-state index contributed by atoms with van der Waals surface area (Å²) in [6.07, 6.45) is 3.16. The molecule has 19 heavy (non-hydrogen) atoms. The molecule has 0 aliphatic heterocycles. The number of aliphatic hydroxyl groups is 1. The molecule has 4 N–H and O–H groups in total. The molecule has 1 aromatic rings. The van der Waals surface area contributed by atoms with Crippen molar-refractivity contribution in [2.75, 3.05) is 38.4 Å². The predicted molar refractivity (Wildman–Crippen MR) is 75.8 cm³/mol. The van der Waals surface area contributed by atoms with Crippen LogP contribution < -0.4 is 20.5 Å². The number of hydrogen-bond donors (Lipinski definition) is 3. The fourth-order valence-corrected chi connectivity index (χ4v) is 2.26. The highest BCUT2D eigenvalue weighted by atomic mass is 16.5. The number of methoxy groups -OCH3 is 2. The zero-order valence-corrected chi connectivity index (χ0v) is 11.5. The number of hydrogen-bond acceptors (Lipinski definition) is 5. The Morgan fingerprint density at radius 3 is 2.42 bits per heavy atom. The van der Waals surface area contributed by atoms with E-state index in [1.54, 1.807) is 20.3 Å². The Morgan fingerprint density at radius 2 is 1.89 bits per heavy atom. The summed E-state index contributed by atoms with van der Waals surface area (Å²) in [6.45, 7) is 1.07. The monoisotopic (exact) mass is 266 g/mol. The lowest BCUT2D eigenvalue weighted by Gasteiger charge is -2.18. The summed E-state index contributed by atoms with van der Waals surface area (Å²) in [5.41, 5.74) is 7.73. The smallest absolute Gasteiger partial charge is 0.162 e. The normalized spacial score (nSPS) is 15.9. The first-order valence-electron chi connectivity index (χ1n) is 6.50. The van der Waals surface area contributed by atoms with Crippen LogP contribution in [0.1, 0.15) is 19.3 Å². The molecule has 0 amide bonds. The van der Waals surface area contributed by atoms with Gasteiger partial charge in [0.2, 0.25) is 0 Å². The molecule has 0 heterocycles. The maximum atomic E-state index is 9.06. The van der Waals surface area contributed by atoms with Crippen molar-refractivity contribution >= 4 is 11.4 Å². The van der Waals surface area contributed by atoms with Crippen LogP contribution in [-0.4, -0.2) is 32.5 Å². The van der Waals surface area contributed by atoms with Crippen LogP contribution in [0.25, 0.3) is 0 Å². The van der Waals surface area contributed by atoms with Gasteiger partial charge < -0.3 is 25.6 Å². The minimum atomic E-state index is 0.239. The van der Waals surface area contributed by atoms with Gasteiger partial charge in [0.15, 0.2) is 11.5 Å². The van der Waals surface area contributed by atoms with Crippen molar-refractivity contribution in [3.05, 3.63) is 12.1 Å². The Balaban J connectivity index is 2.08. The van der Waals surface area contributed by atoms with Crippen molar-refractivity contribution in [3.63, 3.8) is 0 Å². The van der Waals surface area contributed by atoms with Crippen LogP contribution in [0.5, 0.6) is 11.5 Å². The third-order valence-electron chi connectivity index (χ3n) is 3.81. The number of nitrogens with two attached hydrogens (primary N) is 1. The van der Waals surface area contributed by atoms with Crippen LogP contribution in [0.3, 0.4) is 0 Å². The Morgan fingerprint density at radius 1 is 1.26 bits per heavy atom. The molecule has 0 spiro atoms. The van der Waals surface area contributed by atoms with Gasteiger partial charge in [-0.1, -0.05) is 0 Å². The van der Waals surface area contributed by atoms with Crippen molar-refractivity contribution in [1.82, 2.24) is 0 Å². The fourth-order valence-electron chi connectivity index (χ4n) is 2.26. The molecule has 0 radical (unpaired) electrons. The lowest BCUT2D eigenvalue weighted by Crippen LogP contribution is -2.17. The molecule has 1 saturated carbocycles. The van der Waals surface area contributed by atoms with E-state index in [9.17, 15) is 0 Å². The van der Waals surface area contributed by atoms with Crippen LogP contribution in [0.2, 0.25) is 0 Å². The minimum Gasteiger partial charge on any atom is -0.493 e. The molecular formula is C14H22N2O3. The Labute approximate surface area is 113 Å². The van der Waals surface area contributed by atoms with Crippen LogP contribution in [-0.2, 0) is 0 Å². The summed E-state index contributed by atoms with van der Waals surface area (Å²) in [5, 5.41) is 12.4. The molecule has 2 rings (SSSR count). The van der Waals surface area contributed by atoms with E-state index in [2.05, 4.69) is 5.32 Å². The lowest BCUT2D eigenvalue weighted by atomic mass is 10.0. The SMILES string of the molecule is COc1cc(N)c(NCC2(CCO)CC2)cc1OC. The van der Waals surface area contributed by atoms with Crippen molar-refractivity contribution in [3.8, 4) is 11.5 Å². The first-order chi connectivity index (χ1) is 9.14.